The van der Waals surface area contributed by atoms with E-state index in [4.69, 9.17) is 23.2 Å². The van der Waals surface area contributed by atoms with Crippen molar-refractivity contribution < 1.29 is 4.79 Å². The largest absolute Gasteiger partial charge is 0.342 e. The van der Waals surface area contributed by atoms with Crippen LogP contribution in [0.4, 0.5) is 0 Å². The summed E-state index contributed by atoms with van der Waals surface area (Å²) < 4.78 is 0. The van der Waals surface area contributed by atoms with Crippen molar-refractivity contribution in [2.24, 2.45) is 0 Å². The van der Waals surface area contributed by atoms with E-state index in [9.17, 15) is 4.79 Å². The van der Waals surface area contributed by atoms with Gasteiger partial charge in [-0.2, -0.15) is 0 Å². The standard InChI is InChI=1S/C14H18Cl2N2O.ClH/c1-17-12-4-6-18(7-5-12)14(19)8-10-2-3-11(15)9-13(10)16;/h2-3,9,12,17H,4-8H2,1H3;1H. The number of nitrogens with one attached hydrogen (secondary N) is 1. The molecule has 1 aliphatic heterocycles. The van der Waals surface area contributed by atoms with Gasteiger partial charge in [0.2, 0.25) is 5.91 Å². The van der Waals surface area contributed by atoms with E-state index in [1.807, 2.05) is 18.0 Å². The highest BCUT2D eigenvalue weighted by molar-refractivity contribution is 6.35. The van der Waals surface area contributed by atoms with Crippen molar-refractivity contribution in [3.05, 3.63) is 33.8 Å². The Kier molecular flexibility index (Phi) is 7.10. The molecule has 0 unspecified atom stereocenters. The summed E-state index contributed by atoms with van der Waals surface area (Å²) in [6.45, 7) is 1.63. The first kappa shape index (κ1) is 17.6. The van der Waals surface area contributed by atoms with E-state index in [1.165, 1.54) is 0 Å². The molecule has 0 spiro atoms. The van der Waals surface area contributed by atoms with Gasteiger partial charge < -0.3 is 10.2 Å². The third-order valence-electron chi connectivity index (χ3n) is 3.61. The number of piperidine rings is 1. The van der Waals surface area contributed by atoms with Crippen molar-refractivity contribution in [1.29, 1.82) is 0 Å². The smallest absolute Gasteiger partial charge is 0.227 e. The van der Waals surface area contributed by atoms with Crippen LogP contribution in [0.5, 0.6) is 0 Å². The maximum atomic E-state index is 12.2. The van der Waals surface area contributed by atoms with Gasteiger partial charge in [-0.15, -0.1) is 12.4 Å². The summed E-state index contributed by atoms with van der Waals surface area (Å²) >= 11 is 11.9. The fourth-order valence-electron chi connectivity index (χ4n) is 2.36. The molecular weight excluding hydrogens is 319 g/mol. The molecule has 0 saturated carbocycles. The summed E-state index contributed by atoms with van der Waals surface area (Å²) in [5.74, 6) is 0.138. The number of carbonyl (C=O) groups excluding carboxylic acids is 1. The van der Waals surface area contributed by atoms with Crippen LogP contribution in [0.1, 0.15) is 18.4 Å². The normalized spacial score (nSPS) is 15.8. The van der Waals surface area contributed by atoms with Crippen molar-refractivity contribution in [2.75, 3.05) is 20.1 Å². The molecule has 0 atom stereocenters. The number of likely N-dealkylation sites (tertiary alicyclic amines) is 1. The van der Waals surface area contributed by atoms with Gasteiger partial charge >= 0.3 is 0 Å². The zero-order valence-corrected chi connectivity index (χ0v) is 13.7. The maximum absolute atomic E-state index is 12.2. The lowest BCUT2D eigenvalue weighted by Crippen LogP contribution is -2.44. The second-order valence-corrected chi connectivity index (χ2v) is 5.70. The lowest BCUT2D eigenvalue weighted by molar-refractivity contribution is -0.131. The first-order chi connectivity index (χ1) is 9.10. The number of hydrogen-bond acceptors (Lipinski definition) is 2. The second-order valence-electron chi connectivity index (χ2n) is 4.86. The summed E-state index contributed by atoms with van der Waals surface area (Å²) in [7, 11) is 1.97. The minimum Gasteiger partial charge on any atom is -0.342 e. The summed E-state index contributed by atoms with van der Waals surface area (Å²) in [5.41, 5.74) is 0.840. The van der Waals surface area contributed by atoms with Crippen LogP contribution >= 0.6 is 35.6 Å². The molecule has 1 fully saturated rings. The SMILES string of the molecule is CNC1CCN(C(=O)Cc2ccc(Cl)cc2Cl)CC1.Cl. The highest BCUT2D eigenvalue weighted by Gasteiger charge is 2.22. The van der Waals surface area contributed by atoms with Crippen molar-refractivity contribution in [2.45, 2.75) is 25.3 Å². The van der Waals surface area contributed by atoms with E-state index in [0.717, 1.165) is 31.5 Å². The molecule has 0 bridgehead atoms. The van der Waals surface area contributed by atoms with Gasteiger partial charge in [0, 0.05) is 29.2 Å². The monoisotopic (exact) mass is 336 g/mol. The number of amides is 1. The Hall–Kier alpha value is -0.480. The van der Waals surface area contributed by atoms with Crippen LogP contribution in [-0.2, 0) is 11.2 Å². The molecule has 1 aliphatic rings. The van der Waals surface area contributed by atoms with E-state index in [-0.39, 0.29) is 18.3 Å². The molecule has 1 aromatic carbocycles. The Morgan fingerprint density at radius 1 is 1.35 bits per heavy atom. The Morgan fingerprint density at radius 3 is 2.55 bits per heavy atom. The summed E-state index contributed by atoms with van der Waals surface area (Å²) in [6.07, 6.45) is 2.37. The highest BCUT2D eigenvalue weighted by atomic mass is 35.5. The molecule has 1 heterocycles. The Balaban J connectivity index is 0.00000200. The molecule has 6 heteroatoms. The summed E-state index contributed by atoms with van der Waals surface area (Å²) in [4.78, 5) is 14.1. The molecule has 0 aromatic heterocycles. The molecular formula is C14H19Cl3N2O. The quantitative estimate of drug-likeness (QED) is 0.919. The lowest BCUT2D eigenvalue weighted by atomic mass is 10.0. The van der Waals surface area contributed by atoms with Gasteiger partial charge in [-0.3, -0.25) is 4.79 Å². The molecule has 1 aromatic rings. The highest BCUT2D eigenvalue weighted by Crippen LogP contribution is 2.22. The second kappa shape index (κ2) is 8.08. The number of carbonyl (C=O) groups is 1. The van der Waals surface area contributed by atoms with E-state index in [1.54, 1.807) is 12.1 Å². The number of benzene rings is 1. The van der Waals surface area contributed by atoms with E-state index in [0.29, 0.717) is 22.5 Å². The average Bonchev–Trinajstić information content (AvgIpc) is 2.42. The van der Waals surface area contributed by atoms with Crippen LogP contribution in [0.15, 0.2) is 18.2 Å². The van der Waals surface area contributed by atoms with E-state index < -0.39 is 0 Å². The predicted molar refractivity (Wildman–Crippen MR) is 86.1 cm³/mol. The van der Waals surface area contributed by atoms with Crippen LogP contribution in [0.2, 0.25) is 10.0 Å². The van der Waals surface area contributed by atoms with Gasteiger partial charge in [-0.1, -0.05) is 29.3 Å². The van der Waals surface area contributed by atoms with Crippen LogP contribution in [-0.4, -0.2) is 37.0 Å². The lowest BCUT2D eigenvalue weighted by Gasteiger charge is -2.32. The van der Waals surface area contributed by atoms with Crippen molar-refractivity contribution in [1.82, 2.24) is 10.2 Å². The van der Waals surface area contributed by atoms with Gasteiger partial charge in [-0.05, 0) is 37.6 Å². The van der Waals surface area contributed by atoms with Crippen molar-refractivity contribution in [3.8, 4) is 0 Å². The van der Waals surface area contributed by atoms with E-state index in [2.05, 4.69) is 5.32 Å². The van der Waals surface area contributed by atoms with Gasteiger partial charge in [0.05, 0.1) is 6.42 Å². The first-order valence-corrected chi connectivity index (χ1v) is 7.24. The predicted octanol–water partition coefficient (Wildman–Crippen LogP) is 3.17. The molecule has 0 aliphatic carbocycles. The number of nitrogens with zero attached hydrogens (tertiary/aromatic N) is 1. The van der Waals surface area contributed by atoms with Crippen molar-refractivity contribution in [3.63, 3.8) is 0 Å². The van der Waals surface area contributed by atoms with Crippen LogP contribution in [0, 0.1) is 0 Å². The minimum absolute atomic E-state index is 0. The fraction of sp³-hybridized carbons (Fsp3) is 0.500. The molecule has 0 radical (unpaired) electrons. The Morgan fingerprint density at radius 2 is 2.00 bits per heavy atom. The molecule has 20 heavy (non-hydrogen) atoms. The van der Waals surface area contributed by atoms with Gasteiger partial charge in [0.15, 0.2) is 0 Å². The third kappa shape index (κ3) is 4.52. The average molecular weight is 338 g/mol. The zero-order chi connectivity index (χ0) is 13.8. The number of halogens is 3. The Labute approximate surface area is 136 Å². The first-order valence-electron chi connectivity index (χ1n) is 6.49. The van der Waals surface area contributed by atoms with Crippen LogP contribution < -0.4 is 5.32 Å². The maximum Gasteiger partial charge on any atom is 0.227 e. The zero-order valence-electron chi connectivity index (χ0n) is 11.4. The third-order valence-corrected chi connectivity index (χ3v) is 4.20. The van der Waals surface area contributed by atoms with Crippen LogP contribution in [0.25, 0.3) is 0 Å². The molecule has 112 valence electrons. The van der Waals surface area contributed by atoms with Gasteiger partial charge in [0.25, 0.3) is 0 Å². The molecule has 1 amide bonds. The molecule has 3 nitrogen and oxygen atoms in total. The Bertz CT molecular complexity index is 460. The van der Waals surface area contributed by atoms with Gasteiger partial charge in [-0.25, -0.2) is 0 Å². The molecule has 2 rings (SSSR count). The summed E-state index contributed by atoms with van der Waals surface area (Å²) in [6, 6.07) is 5.80. The van der Waals surface area contributed by atoms with E-state index >= 15 is 0 Å². The molecule has 1 saturated heterocycles. The number of hydrogen-bond donors (Lipinski definition) is 1. The number of rotatable bonds is 3. The minimum atomic E-state index is 0. The van der Waals surface area contributed by atoms with Crippen LogP contribution in [0.3, 0.4) is 0 Å². The topological polar surface area (TPSA) is 32.3 Å². The fourth-order valence-corrected chi connectivity index (χ4v) is 2.83. The summed E-state index contributed by atoms with van der Waals surface area (Å²) in [5, 5.41) is 4.41. The molecule has 1 N–H and O–H groups in total. The van der Waals surface area contributed by atoms with Gasteiger partial charge in [0.1, 0.15) is 0 Å². The van der Waals surface area contributed by atoms with Crippen molar-refractivity contribution >= 4 is 41.5 Å².